The van der Waals surface area contributed by atoms with Crippen molar-refractivity contribution in [1.82, 2.24) is 4.90 Å². The quantitative estimate of drug-likeness (QED) is 0.853. The molecule has 0 fully saturated rings. The maximum Gasteiger partial charge on any atom is 0.0747 e. The highest BCUT2D eigenvalue weighted by atomic mass is 16.3. The molecule has 0 radical (unpaired) electrons. The number of anilines is 1. The van der Waals surface area contributed by atoms with Gasteiger partial charge in [-0.3, -0.25) is 0 Å². The van der Waals surface area contributed by atoms with Gasteiger partial charge in [0.2, 0.25) is 0 Å². The summed E-state index contributed by atoms with van der Waals surface area (Å²) in [7, 11) is 4.19. The molecular weight excluding hydrogens is 296 g/mol. The van der Waals surface area contributed by atoms with Gasteiger partial charge in [-0.25, -0.2) is 0 Å². The number of rotatable bonds is 6. The Bertz CT molecular complexity index is 641. The number of nitrogens with zero attached hydrogens (tertiary/aromatic N) is 1. The summed E-state index contributed by atoms with van der Waals surface area (Å²) in [5.74, 6) is 0.343. The number of nitrogens with one attached hydrogen (secondary N) is 1. The third kappa shape index (κ3) is 4.16. The van der Waals surface area contributed by atoms with Crippen molar-refractivity contribution in [1.29, 1.82) is 0 Å². The Hall–Kier alpha value is -1.84. The SMILES string of the molecule is CN(C)CC(CC(O)C1CCc2ccccc2N1)c1ccccc1. The summed E-state index contributed by atoms with van der Waals surface area (Å²) in [5.41, 5.74) is 3.84. The molecular formula is C21H28N2O. The van der Waals surface area contributed by atoms with Gasteiger partial charge in [0.05, 0.1) is 12.1 Å². The Balaban J connectivity index is 1.69. The predicted molar refractivity (Wildman–Crippen MR) is 101 cm³/mol. The summed E-state index contributed by atoms with van der Waals surface area (Å²) in [6, 6.07) is 19.1. The van der Waals surface area contributed by atoms with E-state index in [2.05, 4.69) is 72.8 Å². The van der Waals surface area contributed by atoms with E-state index in [9.17, 15) is 5.11 Å². The normalized spacial score (nSPS) is 19.4. The first-order valence-electron chi connectivity index (χ1n) is 8.85. The summed E-state index contributed by atoms with van der Waals surface area (Å²) >= 11 is 0. The second-order valence-corrected chi connectivity index (χ2v) is 7.12. The van der Waals surface area contributed by atoms with Crippen molar-refractivity contribution in [2.45, 2.75) is 37.3 Å². The molecule has 128 valence electrons. The molecule has 2 aromatic carbocycles. The van der Waals surface area contributed by atoms with Crippen molar-refractivity contribution in [3.8, 4) is 0 Å². The molecule has 0 aliphatic carbocycles. The van der Waals surface area contributed by atoms with Crippen molar-refractivity contribution in [2.24, 2.45) is 0 Å². The number of hydrogen-bond donors (Lipinski definition) is 2. The minimum atomic E-state index is -0.344. The van der Waals surface area contributed by atoms with Crippen molar-refractivity contribution < 1.29 is 5.11 Å². The van der Waals surface area contributed by atoms with E-state index in [1.54, 1.807) is 0 Å². The molecule has 0 spiro atoms. The van der Waals surface area contributed by atoms with E-state index in [0.29, 0.717) is 5.92 Å². The maximum atomic E-state index is 10.9. The van der Waals surface area contributed by atoms with Crippen molar-refractivity contribution in [2.75, 3.05) is 26.0 Å². The number of hydrogen-bond acceptors (Lipinski definition) is 3. The van der Waals surface area contributed by atoms with Gasteiger partial charge in [0.25, 0.3) is 0 Å². The lowest BCUT2D eigenvalue weighted by atomic mass is 9.87. The molecule has 0 amide bonds. The molecule has 0 bridgehead atoms. The van der Waals surface area contributed by atoms with E-state index < -0.39 is 0 Å². The van der Waals surface area contributed by atoms with Gasteiger partial charge in [-0.1, -0.05) is 48.5 Å². The van der Waals surface area contributed by atoms with Crippen LogP contribution in [0.1, 0.15) is 29.9 Å². The highest BCUT2D eigenvalue weighted by Crippen LogP contribution is 2.29. The van der Waals surface area contributed by atoms with Crippen LogP contribution in [-0.4, -0.2) is 42.8 Å². The molecule has 3 rings (SSSR count). The molecule has 0 aromatic heterocycles. The Morgan fingerprint density at radius 2 is 1.79 bits per heavy atom. The number of aliphatic hydroxyl groups excluding tert-OH is 1. The molecule has 3 atom stereocenters. The van der Waals surface area contributed by atoms with E-state index in [1.165, 1.54) is 16.8 Å². The Morgan fingerprint density at radius 1 is 1.08 bits per heavy atom. The number of likely N-dealkylation sites (N-methyl/N-ethyl adjacent to an activating group) is 1. The number of para-hydroxylation sites is 1. The van der Waals surface area contributed by atoms with Gasteiger partial charge in [0.15, 0.2) is 0 Å². The van der Waals surface area contributed by atoms with Crippen LogP contribution in [0.2, 0.25) is 0 Å². The highest BCUT2D eigenvalue weighted by molar-refractivity contribution is 5.53. The lowest BCUT2D eigenvalue weighted by Crippen LogP contribution is -2.38. The van der Waals surface area contributed by atoms with E-state index in [1.807, 2.05) is 6.07 Å². The van der Waals surface area contributed by atoms with E-state index in [-0.39, 0.29) is 12.1 Å². The number of aliphatic hydroxyl groups is 1. The summed E-state index contributed by atoms with van der Waals surface area (Å²) in [5, 5.41) is 14.4. The van der Waals surface area contributed by atoms with Crippen LogP contribution in [0.3, 0.4) is 0 Å². The fourth-order valence-corrected chi connectivity index (χ4v) is 3.69. The molecule has 2 N–H and O–H groups in total. The van der Waals surface area contributed by atoms with Crippen LogP contribution in [0.15, 0.2) is 54.6 Å². The lowest BCUT2D eigenvalue weighted by molar-refractivity contribution is 0.124. The highest BCUT2D eigenvalue weighted by Gasteiger charge is 2.27. The fourth-order valence-electron chi connectivity index (χ4n) is 3.69. The minimum Gasteiger partial charge on any atom is -0.391 e. The van der Waals surface area contributed by atoms with E-state index in [0.717, 1.165) is 25.8 Å². The molecule has 1 heterocycles. The molecule has 1 aliphatic rings. The third-order valence-electron chi connectivity index (χ3n) is 4.93. The number of fused-ring (bicyclic) bond motifs is 1. The van der Waals surface area contributed by atoms with Crippen LogP contribution >= 0.6 is 0 Å². The van der Waals surface area contributed by atoms with Gasteiger partial charge in [0, 0.05) is 12.2 Å². The Labute approximate surface area is 145 Å². The summed E-state index contributed by atoms with van der Waals surface area (Å²) in [4.78, 5) is 2.20. The first-order chi connectivity index (χ1) is 11.6. The zero-order valence-corrected chi connectivity index (χ0v) is 14.7. The van der Waals surface area contributed by atoms with Crippen molar-refractivity contribution in [3.05, 3.63) is 65.7 Å². The first-order valence-corrected chi connectivity index (χ1v) is 8.85. The summed E-state index contributed by atoms with van der Waals surface area (Å²) in [6.07, 6.45) is 2.46. The lowest BCUT2D eigenvalue weighted by Gasteiger charge is -2.33. The largest absolute Gasteiger partial charge is 0.391 e. The molecule has 0 saturated heterocycles. The van der Waals surface area contributed by atoms with Gasteiger partial charge < -0.3 is 15.3 Å². The average Bonchev–Trinajstić information content (AvgIpc) is 2.61. The summed E-state index contributed by atoms with van der Waals surface area (Å²) < 4.78 is 0. The van der Waals surface area contributed by atoms with Crippen molar-refractivity contribution in [3.63, 3.8) is 0 Å². The second kappa shape index (κ2) is 7.82. The Kier molecular flexibility index (Phi) is 5.54. The van der Waals surface area contributed by atoms with E-state index >= 15 is 0 Å². The molecule has 1 aliphatic heterocycles. The maximum absolute atomic E-state index is 10.9. The van der Waals surface area contributed by atoms with Gasteiger partial charge in [-0.05, 0) is 56.5 Å². The summed E-state index contributed by atoms with van der Waals surface area (Å²) in [6.45, 7) is 0.949. The van der Waals surface area contributed by atoms with Crippen molar-refractivity contribution >= 4 is 5.69 Å². The monoisotopic (exact) mass is 324 g/mol. The molecule has 3 unspecified atom stereocenters. The van der Waals surface area contributed by atoms with Gasteiger partial charge in [-0.2, -0.15) is 0 Å². The molecule has 3 heteroatoms. The average molecular weight is 324 g/mol. The zero-order valence-electron chi connectivity index (χ0n) is 14.7. The second-order valence-electron chi connectivity index (χ2n) is 7.12. The molecule has 24 heavy (non-hydrogen) atoms. The predicted octanol–water partition coefficient (Wildman–Crippen LogP) is 3.51. The van der Waals surface area contributed by atoms with Crippen LogP contribution in [0, 0.1) is 0 Å². The van der Waals surface area contributed by atoms with Crippen LogP contribution in [-0.2, 0) is 6.42 Å². The molecule has 0 saturated carbocycles. The van der Waals surface area contributed by atoms with E-state index in [4.69, 9.17) is 0 Å². The number of benzene rings is 2. The fraction of sp³-hybridized carbons (Fsp3) is 0.429. The van der Waals surface area contributed by atoms with Crippen LogP contribution in [0.5, 0.6) is 0 Å². The smallest absolute Gasteiger partial charge is 0.0747 e. The van der Waals surface area contributed by atoms with Crippen LogP contribution in [0.25, 0.3) is 0 Å². The standard InChI is InChI=1S/C21H28N2O/c1-23(2)15-18(16-8-4-3-5-9-16)14-21(24)20-13-12-17-10-6-7-11-19(17)22-20/h3-11,18,20-22,24H,12-15H2,1-2H3. The number of aryl methyl sites for hydroxylation is 1. The zero-order chi connectivity index (χ0) is 16.9. The van der Waals surface area contributed by atoms with Crippen LogP contribution < -0.4 is 5.32 Å². The van der Waals surface area contributed by atoms with Crippen LogP contribution in [0.4, 0.5) is 5.69 Å². The van der Waals surface area contributed by atoms with Gasteiger partial charge in [-0.15, -0.1) is 0 Å². The molecule has 3 nitrogen and oxygen atoms in total. The third-order valence-corrected chi connectivity index (χ3v) is 4.93. The first kappa shape index (κ1) is 17.0. The van der Waals surface area contributed by atoms with Gasteiger partial charge >= 0.3 is 0 Å². The Morgan fingerprint density at radius 3 is 2.54 bits per heavy atom. The van der Waals surface area contributed by atoms with Gasteiger partial charge in [0.1, 0.15) is 0 Å². The minimum absolute atomic E-state index is 0.133. The topological polar surface area (TPSA) is 35.5 Å². The molecule has 2 aromatic rings.